The van der Waals surface area contributed by atoms with E-state index in [0.29, 0.717) is 23.9 Å². The Hall–Kier alpha value is -3.09. The number of para-hydroxylation sites is 1. The molecule has 0 spiro atoms. The highest BCUT2D eigenvalue weighted by atomic mass is 16.5. The fourth-order valence-electron chi connectivity index (χ4n) is 2.63. The Kier molecular flexibility index (Phi) is 2.94. The minimum Gasteiger partial charge on any atom is -0.488 e. The average molecular weight is 310 g/mol. The summed E-state index contributed by atoms with van der Waals surface area (Å²) in [4.78, 5) is 14.1. The Morgan fingerprint density at radius 2 is 2.17 bits per heavy atom. The van der Waals surface area contributed by atoms with E-state index in [9.17, 15) is 4.79 Å². The number of aromatic nitrogens is 3. The smallest absolute Gasteiger partial charge is 0.277 e. The molecule has 3 aromatic rings. The number of hydrogen-bond donors (Lipinski definition) is 1. The molecule has 0 aliphatic carbocycles. The maximum absolute atomic E-state index is 12.7. The van der Waals surface area contributed by atoms with Gasteiger partial charge in [-0.15, -0.1) is 0 Å². The van der Waals surface area contributed by atoms with E-state index in [1.807, 2.05) is 24.3 Å². The molecule has 1 aromatic carbocycles. The van der Waals surface area contributed by atoms with Gasteiger partial charge in [-0.25, -0.2) is 0 Å². The number of hydrogen-bond acceptors (Lipinski definition) is 5. The van der Waals surface area contributed by atoms with Gasteiger partial charge in [0.1, 0.15) is 29.5 Å². The molecule has 2 aromatic heterocycles. The van der Waals surface area contributed by atoms with Gasteiger partial charge < -0.3 is 9.26 Å². The van der Waals surface area contributed by atoms with Gasteiger partial charge in [0.15, 0.2) is 5.82 Å². The third kappa shape index (κ3) is 2.09. The van der Waals surface area contributed by atoms with Crippen molar-refractivity contribution in [1.29, 1.82) is 0 Å². The van der Waals surface area contributed by atoms with Crippen molar-refractivity contribution in [2.24, 2.45) is 0 Å². The van der Waals surface area contributed by atoms with Crippen molar-refractivity contribution in [1.82, 2.24) is 15.4 Å². The Morgan fingerprint density at radius 1 is 1.35 bits per heavy atom. The minimum absolute atomic E-state index is 0.241. The number of anilines is 1. The van der Waals surface area contributed by atoms with Crippen LogP contribution in [0.2, 0.25) is 0 Å². The minimum atomic E-state index is -0.241. The quantitative estimate of drug-likeness (QED) is 0.786. The summed E-state index contributed by atoms with van der Waals surface area (Å²) in [6, 6.07) is 9.33. The molecule has 23 heavy (non-hydrogen) atoms. The topological polar surface area (TPSA) is 84.2 Å². The molecule has 1 N–H and O–H groups in total. The monoisotopic (exact) mass is 310 g/mol. The van der Waals surface area contributed by atoms with Gasteiger partial charge in [-0.05, 0) is 19.1 Å². The lowest BCUT2D eigenvalue weighted by Gasteiger charge is -2.18. The lowest BCUT2D eigenvalue weighted by Crippen LogP contribution is -2.28. The summed E-state index contributed by atoms with van der Waals surface area (Å²) < 4.78 is 10.7. The maximum atomic E-state index is 12.7. The van der Waals surface area contributed by atoms with Crippen LogP contribution in [-0.2, 0) is 6.61 Å². The van der Waals surface area contributed by atoms with Gasteiger partial charge in [0, 0.05) is 24.2 Å². The molecular weight excluding hydrogens is 296 g/mol. The fourth-order valence-corrected chi connectivity index (χ4v) is 2.63. The van der Waals surface area contributed by atoms with E-state index in [-0.39, 0.29) is 5.91 Å². The molecule has 0 fully saturated rings. The van der Waals surface area contributed by atoms with Gasteiger partial charge in [-0.3, -0.25) is 14.8 Å². The van der Waals surface area contributed by atoms with Crippen molar-refractivity contribution >= 4 is 11.7 Å². The van der Waals surface area contributed by atoms with Crippen molar-refractivity contribution < 1.29 is 14.1 Å². The first-order chi connectivity index (χ1) is 11.1. The first-order valence-electron chi connectivity index (χ1n) is 7.16. The first-order valence-corrected chi connectivity index (χ1v) is 7.16. The van der Waals surface area contributed by atoms with E-state index < -0.39 is 0 Å². The Bertz CT molecular complexity index is 896. The SMILES string of the molecule is Cc1cc(N(C)C(=O)c2[nH]nc3c2COc2ccccc2-3)no1. The molecule has 1 aliphatic rings. The lowest BCUT2D eigenvalue weighted by atomic mass is 10.0. The maximum Gasteiger partial charge on any atom is 0.277 e. The number of carbonyl (C=O) groups is 1. The number of nitrogens with zero attached hydrogens (tertiary/aromatic N) is 3. The molecule has 3 heterocycles. The molecule has 0 saturated heterocycles. The number of benzene rings is 1. The van der Waals surface area contributed by atoms with Crippen molar-refractivity contribution in [2.45, 2.75) is 13.5 Å². The average Bonchev–Trinajstić information content (AvgIpc) is 3.19. The van der Waals surface area contributed by atoms with Crippen LogP contribution in [0.25, 0.3) is 11.3 Å². The summed E-state index contributed by atoms with van der Waals surface area (Å²) in [5, 5.41) is 11.0. The molecule has 0 unspecified atom stereocenters. The number of ether oxygens (including phenoxy) is 1. The Balaban J connectivity index is 1.72. The second-order valence-corrected chi connectivity index (χ2v) is 5.37. The third-order valence-corrected chi connectivity index (χ3v) is 3.86. The van der Waals surface area contributed by atoms with Crippen LogP contribution >= 0.6 is 0 Å². The number of fused-ring (bicyclic) bond motifs is 3. The molecule has 1 amide bonds. The van der Waals surface area contributed by atoms with E-state index >= 15 is 0 Å². The summed E-state index contributed by atoms with van der Waals surface area (Å²) in [7, 11) is 1.64. The molecular formula is C16H14N4O3. The van der Waals surface area contributed by atoms with E-state index in [0.717, 1.165) is 22.6 Å². The van der Waals surface area contributed by atoms with Gasteiger partial charge in [0.2, 0.25) is 0 Å². The zero-order valence-corrected chi connectivity index (χ0v) is 12.7. The number of H-pyrrole nitrogens is 1. The van der Waals surface area contributed by atoms with Crippen molar-refractivity contribution in [3.8, 4) is 17.0 Å². The molecule has 0 atom stereocenters. The molecule has 7 nitrogen and oxygen atoms in total. The van der Waals surface area contributed by atoms with Gasteiger partial charge in [-0.2, -0.15) is 5.10 Å². The van der Waals surface area contributed by atoms with Crippen LogP contribution in [-0.4, -0.2) is 28.3 Å². The Labute approximate surface area is 131 Å². The molecule has 116 valence electrons. The molecule has 4 rings (SSSR count). The second-order valence-electron chi connectivity index (χ2n) is 5.37. The highest BCUT2D eigenvalue weighted by Crippen LogP contribution is 2.37. The van der Waals surface area contributed by atoms with Crippen molar-refractivity contribution in [2.75, 3.05) is 11.9 Å². The van der Waals surface area contributed by atoms with Crippen LogP contribution in [0.1, 0.15) is 21.8 Å². The zero-order valence-electron chi connectivity index (χ0n) is 12.7. The van der Waals surface area contributed by atoms with Crippen molar-refractivity contribution in [3.05, 3.63) is 47.3 Å². The highest BCUT2D eigenvalue weighted by Gasteiger charge is 2.28. The van der Waals surface area contributed by atoms with E-state index in [1.54, 1.807) is 20.0 Å². The summed E-state index contributed by atoms with van der Waals surface area (Å²) in [6.07, 6.45) is 0. The predicted octanol–water partition coefficient (Wildman–Crippen LogP) is 2.54. The van der Waals surface area contributed by atoms with Gasteiger partial charge in [0.25, 0.3) is 5.91 Å². The number of rotatable bonds is 2. The van der Waals surface area contributed by atoms with E-state index in [2.05, 4.69) is 15.4 Å². The number of aryl methyl sites for hydroxylation is 1. The number of carbonyl (C=O) groups excluding carboxylic acids is 1. The van der Waals surface area contributed by atoms with Crippen LogP contribution in [0.3, 0.4) is 0 Å². The largest absolute Gasteiger partial charge is 0.488 e. The summed E-state index contributed by atoms with van der Waals surface area (Å²) in [6.45, 7) is 2.08. The van der Waals surface area contributed by atoms with Crippen LogP contribution in [0.4, 0.5) is 5.82 Å². The summed E-state index contributed by atoms with van der Waals surface area (Å²) >= 11 is 0. The molecule has 0 radical (unpaired) electrons. The molecule has 0 saturated carbocycles. The van der Waals surface area contributed by atoms with Crippen LogP contribution in [0, 0.1) is 6.92 Å². The molecule has 1 aliphatic heterocycles. The molecule has 7 heteroatoms. The standard InChI is InChI=1S/C16H14N4O3/c1-9-7-13(19-23-9)20(2)16(21)15-11-8-22-12-6-4-3-5-10(12)14(11)17-18-15/h3-7H,8H2,1-2H3,(H,17,18). The first kappa shape index (κ1) is 13.6. The number of aromatic amines is 1. The summed E-state index contributed by atoms with van der Waals surface area (Å²) in [5.41, 5.74) is 2.78. The van der Waals surface area contributed by atoms with Gasteiger partial charge >= 0.3 is 0 Å². The summed E-state index contributed by atoms with van der Waals surface area (Å²) in [5.74, 6) is 1.62. The predicted molar refractivity (Wildman–Crippen MR) is 82.3 cm³/mol. The molecule has 0 bridgehead atoms. The van der Waals surface area contributed by atoms with Crippen molar-refractivity contribution in [3.63, 3.8) is 0 Å². The lowest BCUT2D eigenvalue weighted by molar-refractivity contribution is 0.0984. The second kappa shape index (κ2) is 4.98. The van der Waals surface area contributed by atoms with Gasteiger partial charge in [-0.1, -0.05) is 17.3 Å². The zero-order chi connectivity index (χ0) is 16.0. The number of amides is 1. The third-order valence-electron chi connectivity index (χ3n) is 3.86. The fraction of sp³-hybridized carbons (Fsp3) is 0.188. The van der Waals surface area contributed by atoms with Crippen LogP contribution in [0.5, 0.6) is 5.75 Å². The normalized spacial score (nSPS) is 12.3. The number of nitrogens with one attached hydrogen (secondary N) is 1. The highest BCUT2D eigenvalue weighted by molar-refractivity contribution is 6.05. The van der Waals surface area contributed by atoms with E-state index in [4.69, 9.17) is 9.26 Å². The Morgan fingerprint density at radius 3 is 2.96 bits per heavy atom. The van der Waals surface area contributed by atoms with Gasteiger partial charge in [0.05, 0.1) is 0 Å². The van der Waals surface area contributed by atoms with E-state index in [1.165, 1.54) is 4.90 Å². The van der Waals surface area contributed by atoms with Crippen LogP contribution in [0.15, 0.2) is 34.9 Å². The van der Waals surface area contributed by atoms with Crippen LogP contribution < -0.4 is 9.64 Å².